The molecule has 1 amide bonds. The molecule has 0 bridgehead atoms. The van der Waals surface area contributed by atoms with Gasteiger partial charge in [-0.2, -0.15) is 4.98 Å². The summed E-state index contributed by atoms with van der Waals surface area (Å²) in [5.41, 5.74) is 5.02. The third-order valence-corrected chi connectivity index (χ3v) is 1.92. The van der Waals surface area contributed by atoms with Crippen molar-refractivity contribution < 1.29 is 19.2 Å². The zero-order valence-electron chi connectivity index (χ0n) is 9.42. The standard InChI is InChI=1S/C9H14N4O4/c1-2-8-11-7(12-17-8)4-13(3-6(10)14)5-9(15)16/h2-5H2,1H3,(H2,10,14)(H,15,16). The van der Waals surface area contributed by atoms with E-state index in [-0.39, 0.29) is 19.6 Å². The Labute approximate surface area is 97.4 Å². The highest BCUT2D eigenvalue weighted by Gasteiger charge is 2.15. The summed E-state index contributed by atoms with van der Waals surface area (Å²) in [4.78, 5) is 26.7. The van der Waals surface area contributed by atoms with E-state index in [2.05, 4.69) is 10.1 Å². The highest BCUT2D eigenvalue weighted by molar-refractivity contribution is 5.77. The molecule has 0 aliphatic rings. The van der Waals surface area contributed by atoms with Crippen LogP contribution in [0.1, 0.15) is 18.6 Å². The van der Waals surface area contributed by atoms with E-state index in [1.54, 1.807) is 0 Å². The number of carboxylic acid groups (broad SMARTS) is 1. The lowest BCUT2D eigenvalue weighted by Crippen LogP contribution is -2.37. The summed E-state index contributed by atoms with van der Waals surface area (Å²) in [6.07, 6.45) is 0.599. The fourth-order valence-corrected chi connectivity index (χ4v) is 1.28. The van der Waals surface area contributed by atoms with Crippen molar-refractivity contribution in [2.45, 2.75) is 19.9 Å². The van der Waals surface area contributed by atoms with Gasteiger partial charge in [0, 0.05) is 6.42 Å². The molecule has 94 valence electrons. The van der Waals surface area contributed by atoms with Crippen molar-refractivity contribution in [3.8, 4) is 0 Å². The number of amides is 1. The number of carbonyl (C=O) groups excluding carboxylic acids is 1. The first-order valence-electron chi connectivity index (χ1n) is 5.05. The second-order valence-corrected chi connectivity index (χ2v) is 3.46. The predicted octanol–water partition coefficient (Wildman–Crippen LogP) is -0.996. The molecule has 0 unspecified atom stereocenters. The van der Waals surface area contributed by atoms with Crippen LogP contribution in [0.25, 0.3) is 0 Å². The number of primary amides is 1. The molecule has 0 radical (unpaired) electrons. The summed E-state index contributed by atoms with van der Waals surface area (Å²) >= 11 is 0. The van der Waals surface area contributed by atoms with E-state index in [0.29, 0.717) is 18.1 Å². The maximum Gasteiger partial charge on any atom is 0.317 e. The Bertz CT molecular complexity index is 387. The van der Waals surface area contributed by atoms with Crippen molar-refractivity contribution in [3.05, 3.63) is 11.7 Å². The monoisotopic (exact) mass is 242 g/mol. The summed E-state index contributed by atoms with van der Waals surface area (Å²) in [6.45, 7) is 1.50. The molecule has 8 nitrogen and oxygen atoms in total. The number of aliphatic carboxylic acids is 1. The minimum absolute atomic E-state index is 0.110. The molecule has 1 heterocycles. The van der Waals surface area contributed by atoms with Crippen LogP contribution < -0.4 is 5.73 Å². The number of carboxylic acids is 1. The molecule has 1 rings (SSSR count). The molecular weight excluding hydrogens is 228 g/mol. The highest BCUT2D eigenvalue weighted by Crippen LogP contribution is 2.02. The van der Waals surface area contributed by atoms with Crippen molar-refractivity contribution in [1.82, 2.24) is 15.0 Å². The fraction of sp³-hybridized carbons (Fsp3) is 0.556. The van der Waals surface area contributed by atoms with E-state index >= 15 is 0 Å². The largest absolute Gasteiger partial charge is 0.480 e. The Balaban J connectivity index is 2.64. The Morgan fingerprint density at radius 1 is 1.47 bits per heavy atom. The molecular formula is C9H14N4O4. The molecule has 0 saturated heterocycles. The second kappa shape index (κ2) is 5.94. The van der Waals surface area contributed by atoms with E-state index in [9.17, 15) is 9.59 Å². The molecule has 1 aromatic heterocycles. The molecule has 8 heteroatoms. The third kappa shape index (κ3) is 4.60. The molecule has 17 heavy (non-hydrogen) atoms. The van der Waals surface area contributed by atoms with Crippen LogP contribution in [0.15, 0.2) is 4.52 Å². The lowest BCUT2D eigenvalue weighted by molar-refractivity contribution is -0.138. The Hall–Kier alpha value is -1.96. The quantitative estimate of drug-likeness (QED) is 0.628. The zero-order valence-corrected chi connectivity index (χ0v) is 9.42. The van der Waals surface area contributed by atoms with E-state index in [0.717, 1.165) is 0 Å². The number of hydrogen-bond acceptors (Lipinski definition) is 6. The van der Waals surface area contributed by atoms with Gasteiger partial charge >= 0.3 is 5.97 Å². The summed E-state index contributed by atoms with van der Waals surface area (Å²) in [7, 11) is 0. The van der Waals surface area contributed by atoms with Crippen LogP contribution in [-0.2, 0) is 22.6 Å². The summed E-state index contributed by atoms with van der Waals surface area (Å²) in [5, 5.41) is 12.3. The van der Waals surface area contributed by atoms with Gasteiger partial charge in [-0.05, 0) is 0 Å². The maximum atomic E-state index is 10.8. The van der Waals surface area contributed by atoms with Crippen molar-refractivity contribution in [3.63, 3.8) is 0 Å². The second-order valence-electron chi connectivity index (χ2n) is 3.46. The number of nitrogens with zero attached hydrogens (tertiary/aromatic N) is 3. The van der Waals surface area contributed by atoms with Crippen LogP contribution in [-0.4, -0.2) is 45.1 Å². The first-order valence-corrected chi connectivity index (χ1v) is 5.05. The molecule has 3 N–H and O–H groups in total. The fourth-order valence-electron chi connectivity index (χ4n) is 1.28. The Morgan fingerprint density at radius 3 is 2.65 bits per heavy atom. The van der Waals surface area contributed by atoms with Crippen molar-refractivity contribution in [2.75, 3.05) is 13.1 Å². The van der Waals surface area contributed by atoms with Crippen LogP contribution in [0.3, 0.4) is 0 Å². The van der Waals surface area contributed by atoms with Gasteiger partial charge in [-0.15, -0.1) is 0 Å². The van der Waals surface area contributed by atoms with Crippen LogP contribution in [0, 0.1) is 0 Å². The van der Waals surface area contributed by atoms with Crippen molar-refractivity contribution >= 4 is 11.9 Å². The minimum Gasteiger partial charge on any atom is -0.480 e. The molecule has 0 spiro atoms. The lowest BCUT2D eigenvalue weighted by Gasteiger charge is -2.15. The van der Waals surface area contributed by atoms with Crippen LogP contribution in [0.4, 0.5) is 0 Å². The van der Waals surface area contributed by atoms with Crippen molar-refractivity contribution in [1.29, 1.82) is 0 Å². The van der Waals surface area contributed by atoms with Crippen LogP contribution in [0.2, 0.25) is 0 Å². The zero-order chi connectivity index (χ0) is 12.8. The molecule has 1 aromatic rings. The van der Waals surface area contributed by atoms with Gasteiger partial charge in [-0.1, -0.05) is 12.1 Å². The van der Waals surface area contributed by atoms with Gasteiger partial charge < -0.3 is 15.4 Å². The molecule has 0 aliphatic heterocycles. The summed E-state index contributed by atoms with van der Waals surface area (Å²) in [5.74, 6) is -0.852. The van der Waals surface area contributed by atoms with E-state index in [4.69, 9.17) is 15.4 Å². The topological polar surface area (TPSA) is 123 Å². The van der Waals surface area contributed by atoms with E-state index < -0.39 is 11.9 Å². The molecule has 0 fully saturated rings. The minimum atomic E-state index is -1.05. The molecule has 0 aliphatic carbocycles. The van der Waals surface area contributed by atoms with Gasteiger partial charge in [-0.25, -0.2) is 0 Å². The van der Waals surface area contributed by atoms with Crippen molar-refractivity contribution in [2.24, 2.45) is 5.73 Å². The Kier molecular flexibility index (Phi) is 4.58. The first-order chi connectivity index (χ1) is 8.01. The van der Waals surface area contributed by atoms with Gasteiger partial charge in [0.15, 0.2) is 5.82 Å². The first kappa shape index (κ1) is 13.1. The number of aromatic nitrogens is 2. The van der Waals surface area contributed by atoms with Crippen LogP contribution in [0.5, 0.6) is 0 Å². The van der Waals surface area contributed by atoms with Crippen LogP contribution >= 0.6 is 0 Å². The normalized spacial score (nSPS) is 10.7. The highest BCUT2D eigenvalue weighted by atomic mass is 16.5. The smallest absolute Gasteiger partial charge is 0.317 e. The number of aryl methyl sites for hydroxylation is 1. The SMILES string of the molecule is CCc1nc(CN(CC(N)=O)CC(=O)O)no1. The van der Waals surface area contributed by atoms with E-state index in [1.165, 1.54) is 4.90 Å². The molecule has 0 saturated carbocycles. The average molecular weight is 242 g/mol. The van der Waals surface area contributed by atoms with E-state index in [1.807, 2.05) is 6.92 Å². The number of nitrogens with two attached hydrogens (primary N) is 1. The number of rotatable bonds is 7. The van der Waals surface area contributed by atoms with Gasteiger partial charge in [-0.3, -0.25) is 14.5 Å². The third-order valence-electron chi connectivity index (χ3n) is 1.92. The summed E-state index contributed by atoms with van der Waals surface area (Å²) < 4.78 is 4.87. The maximum absolute atomic E-state index is 10.8. The molecule has 0 aromatic carbocycles. The number of hydrogen-bond donors (Lipinski definition) is 2. The van der Waals surface area contributed by atoms with Gasteiger partial charge in [0.05, 0.1) is 19.6 Å². The summed E-state index contributed by atoms with van der Waals surface area (Å²) in [6, 6.07) is 0. The lowest BCUT2D eigenvalue weighted by atomic mass is 10.4. The Morgan fingerprint density at radius 2 is 2.18 bits per heavy atom. The molecule has 0 atom stereocenters. The van der Waals surface area contributed by atoms with Gasteiger partial charge in [0.25, 0.3) is 0 Å². The average Bonchev–Trinajstić information content (AvgIpc) is 2.63. The number of carbonyl (C=O) groups is 2. The van der Waals surface area contributed by atoms with Gasteiger partial charge in [0.2, 0.25) is 11.8 Å². The van der Waals surface area contributed by atoms with Gasteiger partial charge in [0.1, 0.15) is 0 Å². The predicted molar refractivity (Wildman–Crippen MR) is 55.8 cm³/mol.